The van der Waals surface area contributed by atoms with E-state index in [0.717, 1.165) is 23.5 Å². The van der Waals surface area contributed by atoms with Gasteiger partial charge in [-0.3, -0.25) is 14.3 Å². The maximum absolute atomic E-state index is 12.3. The summed E-state index contributed by atoms with van der Waals surface area (Å²) >= 11 is 0. The summed E-state index contributed by atoms with van der Waals surface area (Å²) in [6, 6.07) is 6.66. The van der Waals surface area contributed by atoms with Gasteiger partial charge in [0.2, 0.25) is 0 Å². The molecule has 0 aliphatic carbocycles. The Morgan fingerprint density at radius 3 is 2.58 bits per heavy atom. The number of nitrogens with zero attached hydrogens (tertiary/aromatic N) is 2. The highest BCUT2D eigenvalue weighted by Gasteiger charge is 2.17. The lowest BCUT2D eigenvalue weighted by Crippen LogP contribution is -2.13. The van der Waals surface area contributed by atoms with E-state index in [1.807, 2.05) is 18.5 Å². The highest BCUT2D eigenvalue weighted by Crippen LogP contribution is 2.18. The van der Waals surface area contributed by atoms with Gasteiger partial charge < -0.3 is 4.74 Å². The molecule has 0 radical (unpaired) electrons. The van der Waals surface area contributed by atoms with E-state index in [2.05, 4.69) is 18.9 Å². The van der Waals surface area contributed by atoms with Crippen LogP contribution in [0, 0.1) is 19.8 Å². The monoisotopic (exact) mass is 328 g/mol. The summed E-state index contributed by atoms with van der Waals surface area (Å²) in [5.74, 6) is 0.454. The van der Waals surface area contributed by atoms with E-state index >= 15 is 0 Å². The van der Waals surface area contributed by atoms with Gasteiger partial charge in [-0.1, -0.05) is 26.0 Å². The molecule has 0 bridgehead atoms. The van der Waals surface area contributed by atoms with E-state index in [-0.39, 0.29) is 18.2 Å². The van der Waals surface area contributed by atoms with Gasteiger partial charge in [-0.05, 0) is 38.8 Å². The Morgan fingerprint density at radius 2 is 1.96 bits per heavy atom. The topological polar surface area (TPSA) is 61.2 Å². The molecule has 0 N–H and O–H groups in total. The second-order valence-corrected chi connectivity index (χ2v) is 6.46. The SMILES string of the molecule is CC(=O)c1cccc(OC(=O)Cc2c(C)nn(CC(C)C)c2C)c1. The Morgan fingerprint density at radius 1 is 1.25 bits per heavy atom. The van der Waals surface area contributed by atoms with Crippen molar-refractivity contribution in [3.8, 4) is 5.75 Å². The molecule has 0 amide bonds. The van der Waals surface area contributed by atoms with Crippen molar-refractivity contribution in [2.75, 3.05) is 0 Å². The van der Waals surface area contributed by atoms with Gasteiger partial charge in [-0.2, -0.15) is 5.10 Å². The number of esters is 1. The van der Waals surface area contributed by atoms with Crippen LogP contribution in [0.15, 0.2) is 24.3 Å². The van der Waals surface area contributed by atoms with Gasteiger partial charge in [-0.15, -0.1) is 0 Å². The van der Waals surface area contributed by atoms with Crippen LogP contribution < -0.4 is 4.74 Å². The third-order valence-electron chi connectivity index (χ3n) is 3.86. The first-order chi connectivity index (χ1) is 11.3. The van der Waals surface area contributed by atoms with Crippen LogP contribution in [0.4, 0.5) is 0 Å². The van der Waals surface area contributed by atoms with Gasteiger partial charge in [0, 0.05) is 23.4 Å². The van der Waals surface area contributed by atoms with Crippen molar-refractivity contribution in [1.82, 2.24) is 9.78 Å². The van der Waals surface area contributed by atoms with E-state index in [1.165, 1.54) is 6.92 Å². The molecule has 0 spiro atoms. The molecule has 0 saturated heterocycles. The third kappa shape index (κ3) is 4.31. The average molecular weight is 328 g/mol. The van der Waals surface area contributed by atoms with Crippen molar-refractivity contribution in [1.29, 1.82) is 0 Å². The zero-order chi connectivity index (χ0) is 17.9. The van der Waals surface area contributed by atoms with Gasteiger partial charge in [0.25, 0.3) is 0 Å². The normalized spacial score (nSPS) is 10.9. The number of rotatable bonds is 6. The molecule has 0 atom stereocenters. The average Bonchev–Trinajstić information content (AvgIpc) is 2.74. The zero-order valence-corrected chi connectivity index (χ0v) is 14.9. The molecular formula is C19H24N2O3. The number of ketones is 1. The van der Waals surface area contributed by atoms with Gasteiger partial charge in [-0.25, -0.2) is 0 Å². The number of ether oxygens (including phenoxy) is 1. The van der Waals surface area contributed by atoms with Crippen LogP contribution in [-0.4, -0.2) is 21.5 Å². The fraction of sp³-hybridized carbons (Fsp3) is 0.421. The summed E-state index contributed by atoms with van der Waals surface area (Å²) < 4.78 is 7.32. The third-order valence-corrected chi connectivity index (χ3v) is 3.86. The van der Waals surface area contributed by atoms with Crippen LogP contribution in [0.3, 0.4) is 0 Å². The number of hydrogen-bond donors (Lipinski definition) is 0. The molecule has 1 aromatic carbocycles. The van der Waals surface area contributed by atoms with Crippen LogP contribution in [-0.2, 0) is 17.8 Å². The smallest absolute Gasteiger partial charge is 0.315 e. The number of carbonyl (C=O) groups excluding carboxylic acids is 2. The lowest BCUT2D eigenvalue weighted by atomic mass is 10.1. The summed E-state index contributed by atoms with van der Waals surface area (Å²) in [4.78, 5) is 23.7. The van der Waals surface area contributed by atoms with Crippen molar-refractivity contribution < 1.29 is 14.3 Å². The first-order valence-corrected chi connectivity index (χ1v) is 8.12. The molecule has 1 heterocycles. The van der Waals surface area contributed by atoms with Crippen molar-refractivity contribution in [3.63, 3.8) is 0 Å². The fourth-order valence-electron chi connectivity index (χ4n) is 2.60. The highest BCUT2D eigenvalue weighted by atomic mass is 16.5. The van der Waals surface area contributed by atoms with E-state index in [9.17, 15) is 9.59 Å². The lowest BCUT2D eigenvalue weighted by Gasteiger charge is -2.08. The van der Waals surface area contributed by atoms with Crippen LogP contribution in [0.5, 0.6) is 5.75 Å². The first kappa shape index (κ1) is 17.9. The van der Waals surface area contributed by atoms with Gasteiger partial charge in [0.15, 0.2) is 5.78 Å². The Balaban J connectivity index is 2.11. The minimum absolute atomic E-state index is 0.0606. The molecule has 24 heavy (non-hydrogen) atoms. The Labute approximate surface area is 142 Å². The predicted molar refractivity (Wildman–Crippen MR) is 92.3 cm³/mol. The number of aromatic nitrogens is 2. The molecule has 5 heteroatoms. The van der Waals surface area contributed by atoms with Crippen molar-refractivity contribution in [3.05, 3.63) is 46.8 Å². The van der Waals surface area contributed by atoms with E-state index in [1.54, 1.807) is 24.3 Å². The molecule has 0 aliphatic rings. The summed E-state index contributed by atoms with van der Waals surface area (Å²) in [7, 11) is 0. The van der Waals surface area contributed by atoms with Crippen molar-refractivity contribution >= 4 is 11.8 Å². The summed E-state index contributed by atoms with van der Waals surface area (Å²) in [5.41, 5.74) is 3.28. The largest absolute Gasteiger partial charge is 0.426 e. The Kier molecular flexibility index (Phi) is 5.54. The molecule has 0 saturated carbocycles. The second-order valence-electron chi connectivity index (χ2n) is 6.46. The molecule has 2 aromatic rings. The van der Waals surface area contributed by atoms with Crippen molar-refractivity contribution in [2.24, 2.45) is 5.92 Å². The molecule has 2 rings (SSSR count). The molecule has 0 fully saturated rings. The second kappa shape index (κ2) is 7.43. The number of hydrogen-bond acceptors (Lipinski definition) is 4. The number of carbonyl (C=O) groups is 2. The van der Waals surface area contributed by atoms with Crippen LogP contribution in [0.2, 0.25) is 0 Å². The van der Waals surface area contributed by atoms with E-state index in [0.29, 0.717) is 17.2 Å². The van der Waals surface area contributed by atoms with Crippen LogP contribution in [0.1, 0.15) is 48.1 Å². The standard InChI is InChI=1S/C19H24N2O3/c1-12(2)11-21-14(4)18(13(3)20-21)10-19(23)24-17-8-6-7-16(9-17)15(5)22/h6-9,12H,10-11H2,1-5H3. The Bertz CT molecular complexity index is 760. The molecule has 0 aliphatic heterocycles. The van der Waals surface area contributed by atoms with Crippen molar-refractivity contribution in [2.45, 2.75) is 47.6 Å². The highest BCUT2D eigenvalue weighted by molar-refractivity contribution is 5.94. The molecule has 0 unspecified atom stereocenters. The fourth-order valence-corrected chi connectivity index (χ4v) is 2.60. The maximum Gasteiger partial charge on any atom is 0.315 e. The summed E-state index contributed by atoms with van der Waals surface area (Å²) in [5, 5.41) is 4.51. The van der Waals surface area contributed by atoms with E-state index < -0.39 is 0 Å². The quantitative estimate of drug-likeness (QED) is 0.462. The lowest BCUT2D eigenvalue weighted by molar-refractivity contribution is -0.133. The maximum atomic E-state index is 12.3. The van der Waals surface area contributed by atoms with Gasteiger partial charge in [0.05, 0.1) is 12.1 Å². The predicted octanol–water partition coefficient (Wildman–Crippen LogP) is 3.51. The van der Waals surface area contributed by atoms with Crippen LogP contribution >= 0.6 is 0 Å². The molecule has 1 aromatic heterocycles. The van der Waals surface area contributed by atoms with E-state index in [4.69, 9.17) is 4.74 Å². The van der Waals surface area contributed by atoms with Gasteiger partial charge >= 0.3 is 5.97 Å². The first-order valence-electron chi connectivity index (χ1n) is 8.12. The van der Waals surface area contributed by atoms with Gasteiger partial charge in [0.1, 0.15) is 5.75 Å². The molecule has 128 valence electrons. The number of Topliss-reactive ketones (excluding diaryl/α,β-unsaturated/α-hetero) is 1. The number of benzene rings is 1. The Hall–Kier alpha value is -2.43. The minimum Gasteiger partial charge on any atom is -0.426 e. The number of aryl methyl sites for hydroxylation is 1. The zero-order valence-electron chi connectivity index (χ0n) is 14.9. The summed E-state index contributed by atoms with van der Waals surface area (Å²) in [6.45, 7) is 10.4. The molecular weight excluding hydrogens is 304 g/mol. The molecule has 5 nitrogen and oxygen atoms in total. The minimum atomic E-state index is -0.356. The summed E-state index contributed by atoms with van der Waals surface area (Å²) in [6.07, 6.45) is 0.167. The van der Waals surface area contributed by atoms with Crippen LogP contribution in [0.25, 0.3) is 0 Å².